The monoisotopic (exact) mass is 554 g/mol. The van der Waals surface area contributed by atoms with Crippen molar-refractivity contribution < 1.29 is 38.8 Å². The smallest absolute Gasteiger partial charge is 0.254 e. The number of benzene rings is 2. The number of anilines is 1. The highest BCUT2D eigenvalue weighted by Crippen LogP contribution is 2.38. The molecule has 3 heterocycles. The average Bonchev–Trinajstić information content (AvgIpc) is 3.25. The minimum Gasteiger partial charge on any atom is -0.506 e. The number of aliphatic hydroxyl groups is 2. The third-order valence-electron chi connectivity index (χ3n) is 7.74. The number of rotatable bonds is 6. The molecule has 204 valence electrons. The van der Waals surface area contributed by atoms with Gasteiger partial charge in [0.05, 0.1) is 24.4 Å². The number of imide groups is 1. The van der Waals surface area contributed by atoms with Crippen molar-refractivity contribution in [2.75, 3.05) is 31.6 Å². The quantitative estimate of drug-likeness (QED) is 0.138. The van der Waals surface area contributed by atoms with Crippen molar-refractivity contribution in [2.45, 2.75) is 36.7 Å². The van der Waals surface area contributed by atoms with Gasteiger partial charge in [-0.1, -0.05) is 29.1 Å². The Balaban J connectivity index is 1.45. The van der Waals surface area contributed by atoms with E-state index in [1.54, 1.807) is 23.5 Å². The molecule has 5 N–H and O–H groups in total. The van der Waals surface area contributed by atoms with Crippen LogP contribution in [0, 0.1) is 5.82 Å². The zero-order valence-corrected chi connectivity index (χ0v) is 21.8. The van der Waals surface area contributed by atoms with E-state index in [1.165, 1.54) is 0 Å². The lowest BCUT2D eigenvalue weighted by atomic mass is 9.53. The van der Waals surface area contributed by atoms with Crippen molar-refractivity contribution in [1.29, 1.82) is 0 Å². The number of carbonyl (C=O) groups is 3. The summed E-state index contributed by atoms with van der Waals surface area (Å²) in [6, 6.07) is 2.89. The van der Waals surface area contributed by atoms with E-state index in [9.17, 15) is 29.7 Å². The number of aromatic hydroxyl groups is 1. The second kappa shape index (κ2) is 10.5. The van der Waals surface area contributed by atoms with Gasteiger partial charge in [-0.25, -0.2) is 4.39 Å². The first-order chi connectivity index (χ1) is 19.3. The molecule has 2 aromatic rings. The molecule has 3 atom stereocenters. The number of morpholine rings is 1. The molecule has 0 spiro atoms. The molecule has 0 bridgehead atoms. The molecule has 2 saturated heterocycles. The molecule has 0 aliphatic carbocycles. The second-order valence-corrected chi connectivity index (χ2v) is 10.3. The Morgan fingerprint density at radius 3 is 2.44 bits per heavy atom. The lowest BCUT2D eigenvalue weighted by Crippen LogP contribution is -2.79. The number of amides is 3. The Morgan fingerprint density at radius 1 is 1.10 bits per heavy atom. The van der Waals surface area contributed by atoms with Gasteiger partial charge in [-0.3, -0.25) is 24.6 Å². The molecule has 0 saturated carbocycles. The summed E-state index contributed by atoms with van der Waals surface area (Å²) in [6.07, 6.45) is 0. The van der Waals surface area contributed by atoms with Gasteiger partial charge in [0.15, 0.2) is 0 Å². The fourth-order valence-electron chi connectivity index (χ4n) is 5.33. The van der Waals surface area contributed by atoms with E-state index in [0.717, 1.165) is 4.90 Å². The topological polar surface area (TPSA) is 152 Å². The van der Waals surface area contributed by atoms with E-state index < -0.39 is 52.9 Å². The summed E-state index contributed by atoms with van der Waals surface area (Å²) in [5.41, 5.74) is -6.42. The number of hydrogen-bond donors (Lipinski definition) is 5. The van der Waals surface area contributed by atoms with Crippen LogP contribution in [0.2, 0.25) is 0 Å². The van der Waals surface area contributed by atoms with Crippen molar-refractivity contribution in [2.24, 2.45) is 0 Å². The summed E-state index contributed by atoms with van der Waals surface area (Å²) < 4.78 is 20.8. The fourth-order valence-corrected chi connectivity index (χ4v) is 5.33. The van der Waals surface area contributed by atoms with Crippen LogP contribution in [0.25, 0.3) is 0 Å². The number of phenols is 1. The zero-order valence-electron chi connectivity index (χ0n) is 21.8. The summed E-state index contributed by atoms with van der Waals surface area (Å²) in [7, 11) is 23.3. The number of nitrogens with zero attached hydrogens (tertiary/aromatic N) is 2. The number of hydrogen-bond acceptors (Lipinski definition) is 9. The minimum atomic E-state index is -3.14. The van der Waals surface area contributed by atoms with E-state index in [1.807, 2.05) is 0 Å². The van der Waals surface area contributed by atoms with Crippen molar-refractivity contribution in [3.8, 4) is 5.75 Å². The molecule has 3 aliphatic rings. The number of phenolic OH excluding ortho intramolecular Hbond substituents is 1. The molecule has 0 aromatic heterocycles. The Labute approximate surface area is 240 Å². The van der Waals surface area contributed by atoms with Crippen LogP contribution in [0.15, 0.2) is 18.2 Å². The van der Waals surface area contributed by atoms with Gasteiger partial charge in [-0.2, -0.15) is 0 Å². The van der Waals surface area contributed by atoms with Crippen molar-refractivity contribution >= 4 is 65.7 Å². The summed E-state index contributed by atoms with van der Waals surface area (Å²) in [6.45, 7) is 2.23. The predicted molar refractivity (Wildman–Crippen MR) is 147 cm³/mol. The van der Waals surface area contributed by atoms with Crippen LogP contribution >= 0.6 is 0 Å². The number of halogens is 1. The molecule has 3 unspecified atom stereocenters. The maximum absolute atomic E-state index is 15.4. The van der Waals surface area contributed by atoms with Gasteiger partial charge in [-0.05, 0) is 0 Å². The fraction of sp³-hybridized carbons (Fsp3) is 0.400. The number of piperidine rings is 1. The second-order valence-electron chi connectivity index (χ2n) is 10.3. The van der Waals surface area contributed by atoms with Crippen LogP contribution in [0.4, 0.5) is 10.1 Å². The normalized spacial score (nSPS) is 26.7. The molecule has 11 nitrogen and oxygen atoms in total. The molecular weight excluding hydrogens is 531 g/mol. The zero-order chi connectivity index (χ0) is 29.9. The molecule has 2 fully saturated rings. The van der Waals surface area contributed by atoms with Gasteiger partial charge >= 0.3 is 0 Å². The van der Waals surface area contributed by atoms with Gasteiger partial charge < -0.3 is 30.3 Å². The maximum atomic E-state index is 15.4. The Bertz CT molecular complexity index is 1450. The molecule has 41 heavy (non-hydrogen) atoms. The Hall–Kier alpha value is -3.32. The van der Waals surface area contributed by atoms with E-state index in [-0.39, 0.29) is 39.8 Å². The average molecular weight is 554 g/mol. The number of fused-ring (bicyclic) bond motifs is 1. The highest BCUT2D eigenvalue weighted by atomic mass is 19.1. The SMILES string of the molecule is [B]c1c([B])c2c(c(NCc3cccc(CN4CCOCC4)c3F)c1O)CN(C1C(=O)NC(=O)C([B])(O)C1([B])O)C2=O. The third kappa shape index (κ3) is 4.72. The summed E-state index contributed by atoms with van der Waals surface area (Å²) in [5, 5.41) is 36.7. The maximum Gasteiger partial charge on any atom is 0.254 e. The Morgan fingerprint density at radius 2 is 1.76 bits per heavy atom. The highest BCUT2D eigenvalue weighted by molar-refractivity contribution is 6.53. The summed E-state index contributed by atoms with van der Waals surface area (Å²) in [5.74, 6) is -4.60. The van der Waals surface area contributed by atoms with Crippen LogP contribution in [-0.2, 0) is 34.0 Å². The molecule has 8 radical (unpaired) electrons. The number of nitrogens with one attached hydrogen (secondary N) is 2. The third-order valence-corrected chi connectivity index (χ3v) is 7.74. The van der Waals surface area contributed by atoms with Crippen LogP contribution < -0.4 is 21.6 Å². The van der Waals surface area contributed by atoms with E-state index in [2.05, 4.69) is 10.2 Å². The standard InChI is InChI=1S/C25H23B4FN4O7/c26-15-14-13(10-34(22(14)37)20-21(36)32-23(38)25(29,40)24(20,28)39)18(19(35)16(15)27)31-8-11-2-1-3-12(17(11)30)9-33-4-6-41-7-5-33/h1-3,20,31,35,39-40H,4-10H2,(H,32,36,38). The molecule has 3 aliphatic heterocycles. The van der Waals surface area contributed by atoms with Crippen LogP contribution in [0.5, 0.6) is 5.75 Å². The van der Waals surface area contributed by atoms with Crippen molar-refractivity contribution in [1.82, 2.24) is 15.1 Å². The highest BCUT2D eigenvalue weighted by Gasteiger charge is 2.61. The molecular formula is C25H23B4FN4O7. The summed E-state index contributed by atoms with van der Waals surface area (Å²) >= 11 is 0. The molecule has 3 amide bonds. The minimum absolute atomic E-state index is 0.0603. The first-order valence-electron chi connectivity index (χ1n) is 12.7. The van der Waals surface area contributed by atoms with Gasteiger partial charge in [0, 0.05) is 55.0 Å². The number of carbonyl (C=O) groups excluding carboxylic acids is 3. The van der Waals surface area contributed by atoms with Crippen LogP contribution in [-0.4, -0.2) is 118 Å². The van der Waals surface area contributed by atoms with Crippen LogP contribution in [0.1, 0.15) is 27.0 Å². The lowest BCUT2D eigenvalue weighted by molar-refractivity contribution is -0.167. The largest absolute Gasteiger partial charge is 0.506 e. The lowest BCUT2D eigenvalue weighted by Gasteiger charge is -2.49. The summed E-state index contributed by atoms with van der Waals surface area (Å²) in [4.78, 5) is 41.0. The molecule has 16 heteroatoms. The molecule has 5 rings (SSSR count). The molecule has 2 aromatic carbocycles. The van der Waals surface area contributed by atoms with Crippen LogP contribution in [0.3, 0.4) is 0 Å². The van der Waals surface area contributed by atoms with Gasteiger partial charge in [0.2, 0.25) is 0 Å². The number of ether oxygens (including phenoxy) is 1. The van der Waals surface area contributed by atoms with E-state index in [0.29, 0.717) is 38.4 Å². The van der Waals surface area contributed by atoms with Crippen molar-refractivity contribution in [3.63, 3.8) is 0 Å². The van der Waals surface area contributed by atoms with E-state index in [4.69, 9.17) is 36.1 Å². The van der Waals surface area contributed by atoms with Crippen molar-refractivity contribution in [3.05, 3.63) is 46.3 Å². The predicted octanol–water partition coefficient (Wildman–Crippen LogP) is -3.74. The van der Waals surface area contributed by atoms with Gasteiger partial charge in [0.25, 0.3) is 17.7 Å². The Kier molecular flexibility index (Phi) is 7.47. The van der Waals surface area contributed by atoms with E-state index >= 15 is 4.39 Å². The van der Waals surface area contributed by atoms with Gasteiger partial charge in [-0.15, -0.1) is 0 Å². The van der Waals surface area contributed by atoms with Gasteiger partial charge in [0.1, 0.15) is 54.5 Å². The first kappa shape index (κ1) is 29.2. The first-order valence-corrected chi connectivity index (χ1v) is 12.7.